The van der Waals surface area contributed by atoms with Gasteiger partial charge in [0.1, 0.15) is 6.54 Å². The summed E-state index contributed by atoms with van der Waals surface area (Å²) in [5.74, 6) is 0.368. The number of amides is 1. The molecule has 29 heavy (non-hydrogen) atoms. The van der Waals surface area contributed by atoms with Crippen molar-refractivity contribution in [2.24, 2.45) is 0 Å². The van der Waals surface area contributed by atoms with E-state index >= 15 is 0 Å². The highest BCUT2D eigenvalue weighted by Crippen LogP contribution is 2.26. The zero-order chi connectivity index (χ0) is 21.2. The average molecular weight is 420 g/mol. The largest absolute Gasteiger partial charge is 0.326 e. The number of carbonyl (C=O) groups is 1. The Bertz CT molecular complexity index is 997. The van der Waals surface area contributed by atoms with E-state index in [1.165, 1.54) is 5.56 Å². The van der Waals surface area contributed by atoms with Gasteiger partial charge in [-0.1, -0.05) is 19.1 Å². The summed E-state index contributed by atoms with van der Waals surface area (Å²) < 4.78 is 25.5. The fourth-order valence-electron chi connectivity index (χ4n) is 3.99. The number of quaternary nitrogens is 1. The second-order valence-electron chi connectivity index (χ2n) is 8.06. The van der Waals surface area contributed by atoms with Crippen molar-refractivity contribution in [2.45, 2.75) is 46.2 Å². The van der Waals surface area contributed by atoms with Gasteiger partial charge in [-0.2, -0.15) is 5.10 Å². The number of likely N-dealkylation sites (N-methyl/N-ethyl adjacent to an activating group) is 1. The lowest BCUT2D eigenvalue weighted by Crippen LogP contribution is -3.08. The molecule has 1 aliphatic heterocycles. The maximum atomic E-state index is 12.4. The Balaban J connectivity index is 1.63. The number of hydrogen-bond donors (Lipinski definition) is 2. The van der Waals surface area contributed by atoms with E-state index in [0.717, 1.165) is 34.0 Å². The molecule has 1 aromatic heterocycles. The Labute approximate surface area is 173 Å². The van der Waals surface area contributed by atoms with Gasteiger partial charge in [0.15, 0.2) is 16.4 Å². The fourth-order valence-corrected chi connectivity index (χ4v) is 5.68. The van der Waals surface area contributed by atoms with Gasteiger partial charge in [0.2, 0.25) is 0 Å². The van der Waals surface area contributed by atoms with Gasteiger partial charge in [0, 0.05) is 11.4 Å². The Hall–Kier alpha value is -2.19. The molecule has 0 saturated carbocycles. The summed E-state index contributed by atoms with van der Waals surface area (Å²) in [6.45, 7) is 7.04. The molecule has 7 nitrogen and oxygen atoms in total. The summed E-state index contributed by atoms with van der Waals surface area (Å²) in [5, 5.41) is 7.59. The number of anilines is 1. The number of hydrogen-bond acceptors (Lipinski definition) is 4. The lowest BCUT2D eigenvalue weighted by Gasteiger charge is -2.15. The third-order valence-corrected chi connectivity index (χ3v) is 7.34. The molecule has 0 aliphatic carbocycles. The fraction of sp³-hybridized carbons (Fsp3) is 0.524. The number of rotatable bonds is 7. The topological polar surface area (TPSA) is 85.5 Å². The molecular weight excluding hydrogens is 388 g/mol. The molecule has 0 radical (unpaired) electrons. The zero-order valence-corrected chi connectivity index (χ0v) is 18.5. The van der Waals surface area contributed by atoms with Gasteiger partial charge >= 0.3 is 0 Å². The molecule has 158 valence electrons. The number of nitrogens with one attached hydrogen (secondary N) is 2. The first-order chi connectivity index (χ1) is 13.7. The van der Waals surface area contributed by atoms with Gasteiger partial charge < -0.3 is 10.2 Å². The first-order valence-corrected chi connectivity index (χ1v) is 12.0. The minimum atomic E-state index is -2.96. The normalized spacial score (nSPS) is 19.2. The van der Waals surface area contributed by atoms with E-state index in [4.69, 9.17) is 0 Å². The van der Waals surface area contributed by atoms with Crippen molar-refractivity contribution < 1.29 is 18.1 Å². The lowest BCUT2D eigenvalue weighted by molar-refractivity contribution is -0.885. The minimum Gasteiger partial charge on any atom is -0.326 e. The monoisotopic (exact) mass is 419 g/mol. The van der Waals surface area contributed by atoms with Crippen LogP contribution in [0.2, 0.25) is 0 Å². The van der Waals surface area contributed by atoms with Crippen LogP contribution >= 0.6 is 0 Å². The van der Waals surface area contributed by atoms with E-state index in [1.54, 1.807) is 0 Å². The van der Waals surface area contributed by atoms with Gasteiger partial charge in [-0.3, -0.25) is 9.48 Å². The number of sulfone groups is 1. The Morgan fingerprint density at radius 2 is 2.10 bits per heavy atom. The SMILES string of the molecule is CCc1cccc(NC(=O)C[NH+](C)Cc2c(C)nn([C@H]3CCS(=O)(=O)C3)c2C)c1. The van der Waals surface area contributed by atoms with Crippen LogP contribution in [0, 0.1) is 13.8 Å². The molecule has 3 rings (SSSR count). The zero-order valence-electron chi connectivity index (χ0n) is 17.7. The predicted octanol–water partition coefficient (Wildman–Crippen LogP) is 1.08. The van der Waals surface area contributed by atoms with Gasteiger partial charge in [0.05, 0.1) is 35.9 Å². The van der Waals surface area contributed by atoms with Crippen LogP contribution in [0.4, 0.5) is 5.69 Å². The average Bonchev–Trinajstić information content (AvgIpc) is 3.15. The molecule has 2 N–H and O–H groups in total. The molecule has 2 heterocycles. The first kappa shape index (κ1) is 21.5. The number of aryl methyl sites for hydroxylation is 2. The molecule has 1 fully saturated rings. The van der Waals surface area contributed by atoms with Crippen LogP contribution in [0.3, 0.4) is 0 Å². The molecule has 1 unspecified atom stereocenters. The van der Waals surface area contributed by atoms with E-state index in [-0.39, 0.29) is 23.5 Å². The smallest absolute Gasteiger partial charge is 0.279 e. The number of nitrogens with zero attached hydrogens (tertiary/aromatic N) is 2. The van der Waals surface area contributed by atoms with Crippen LogP contribution in [0.1, 0.15) is 41.9 Å². The van der Waals surface area contributed by atoms with Crippen LogP contribution in [0.5, 0.6) is 0 Å². The second-order valence-corrected chi connectivity index (χ2v) is 10.3. The number of benzene rings is 1. The standard InChI is InChI=1S/C21H30N4O3S/c1-5-17-7-6-8-18(11-17)22-21(26)13-24(4)12-20-15(2)23-25(16(20)3)19-9-10-29(27,28)14-19/h6-8,11,19H,5,9-10,12-14H2,1-4H3,(H,22,26)/p+1/t19-/m0/s1. The van der Waals surface area contributed by atoms with E-state index < -0.39 is 9.84 Å². The summed E-state index contributed by atoms with van der Waals surface area (Å²) in [7, 11) is -0.972. The van der Waals surface area contributed by atoms with Gasteiger partial charge in [0.25, 0.3) is 5.91 Å². The maximum absolute atomic E-state index is 12.4. The number of carbonyl (C=O) groups excluding carboxylic acids is 1. The quantitative estimate of drug-likeness (QED) is 0.703. The molecular formula is C21H31N4O3S+. The summed E-state index contributed by atoms with van der Waals surface area (Å²) in [5.41, 5.74) is 5.01. The van der Waals surface area contributed by atoms with Crippen molar-refractivity contribution in [1.82, 2.24) is 9.78 Å². The van der Waals surface area contributed by atoms with Crippen molar-refractivity contribution in [1.29, 1.82) is 0 Å². The minimum absolute atomic E-state index is 0.0275. The van der Waals surface area contributed by atoms with Gasteiger partial charge in [-0.15, -0.1) is 0 Å². The molecule has 1 saturated heterocycles. The molecule has 8 heteroatoms. The molecule has 2 atom stereocenters. The highest BCUT2D eigenvalue weighted by atomic mass is 32.2. The van der Waals surface area contributed by atoms with Crippen LogP contribution in [0.15, 0.2) is 24.3 Å². The Morgan fingerprint density at radius 1 is 1.34 bits per heavy atom. The number of aromatic nitrogens is 2. The van der Waals surface area contributed by atoms with Crippen LogP contribution < -0.4 is 10.2 Å². The van der Waals surface area contributed by atoms with Crippen molar-refractivity contribution >= 4 is 21.4 Å². The van der Waals surface area contributed by atoms with E-state index in [9.17, 15) is 13.2 Å². The van der Waals surface area contributed by atoms with E-state index in [2.05, 4.69) is 17.3 Å². The molecule has 1 aliphatic rings. The summed E-state index contributed by atoms with van der Waals surface area (Å²) in [4.78, 5) is 13.5. The summed E-state index contributed by atoms with van der Waals surface area (Å²) in [6.07, 6.45) is 1.55. The van der Waals surface area contributed by atoms with E-state index in [1.807, 2.05) is 49.8 Å². The highest BCUT2D eigenvalue weighted by molar-refractivity contribution is 7.91. The third kappa shape index (κ3) is 5.25. The lowest BCUT2D eigenvalue weighted by atomic mass is 10.1. The summed E-state index contributed by atoms with van der Waals surface area (Å²) >= 11 is 0. The summed E-state index contributed by atoms with van der Waals surface area (Å²) in [6, 6.07) is 7.82. The molecule has 2 aromatic rings. The maximum Gasteiger partial charge on any atom is 0.279 e. The van der Waals surface area contributed by atoms with E-state index in [0.29, 0.717) is 19.5 Å². The van der Waals surface area contributed by atoms with Crippen molar-refractivity contribution in [3.8, 4) is 0 Å². The Morgan fingerprint density at radius 3 is 2.76 bits per heavy atom. The molecule has 0 bridgehead atoms. The van der Waals surface area contributed by atoms with Gasteiger partial charge in [-0.25, -0.2) is 8.42 Å². The van der Waals surface area contributed by atoms with Crippen molar-refractivity contribution in [3.63, 3.8) is 0 Å². The van der Waals surface area contributed by atoms with Crippen LogP contribution in [-0.2, 0) is 27.6 Å². The second kappa shape index (κ2) is 8.67. The molecule has 1 aromatic carbocycles. The van der Waals surface area contributed by atoms with Crippen molar-refractivity contribution in [3.05, 3.63) is 46.8 Å². The predicted molar refractivity (Wildman–Crippen MR) is 114 cm³/mol. The molecule has 1 amide bonds. The van der Waals surface area contributed by atoms with Crippen LogP contribution in [-0.4, -0.2) is 49.2 Å². The molecule has 0 spiro atoms. The third-order valence-electron chi connectivity index (χ3n) is 5.59. The highest BCUT2D eigenvalue weighted by Gasteiger charge is 2.31. The van der Waals surface area contributed by atoms with Gasteiger partial charge in [-0.05, 0) is 44.4 Å². The van der Waals surface area contributed by atoms with Crippen molar-refractivity contribution in [2.75, 3.05) is 30.4 Å². The Kier molecular flexibility index (Phi) is 6.43. The van der Waals surface area contributed by atoms with Crippen LogP contribution in [0.25, 0.3) is 0 Å². The first-order valence-electron chi connectivity index (χ1n) is 10.1.